The van der Waals surface area contributed by atoms with Crippen LogP contribution in [0.4, 0.5) is 5.95 Å². The largest absolute Gasteiger partial charge is 0.369 e. The van der Waals surface area contributed by atoms with Crippen molar-refractivity contribution in [1.29, 1.82) is 0 Å². The zero-order valence-electron chi connectivity index (χ0n) is 11.7. The molecule has 20 heavy (non-hydrogen) atoms. The van der Waals surface area contributed by atoms with Crippen LogP contribution in [0.5, 0.6) is 0 Å². The summed E-state index contributed by atoms with van der Waals surface area (Å²) >= 11 is 0. The molecule has 0 saturated carbocycles. The lowest BCUT2D eigenvalue weighted by atomic mass is 10.3. The van der Waals surface area contributed by atoms with Crippen LogP contribution in [0.3, 0.4) is 0 Å². The summed E-state index contributed by atoms with van der Waals surface area (Å²) < 4.78 is 1.83. The third kappa shape index (κ3) is 2.21. The van der Waals surface area contributed by atoms with E-state index in [1.165, 1.54) is 0 Å². The Balaban J connectivity index is 1.79. The first-order valence-corrected chi connectivity index (χ1v) is 7.02. The van der Waals surface area contributed by atoms with E-state index in [0.717, 1.165) is 42.7 Å². The van der Waals surface area contributed by atoms with Crippen LogP contribution in [0.25, 0.3) is 11.2 Å². The number of nitrogens with zero attached hydrogens (tertiary/aromatic N) is 4. The number of aromatic nitrogens is 3. The van der Waals surface area contributed by atoms with Crippen molar-refractivity contribution in [3.05, 3.63) is 17.8 Å². The summed E-state index contributed by atoms with van der Waals surface area (Å²) in [5.74, 6) is 0.618. The van der Waals surface area contributed by atoms with E-state index >= 15 is 0 Å². The number of fused-ring (bicyclic) bond motifs is 1. The Hall–Kier alpha value is -2.11. The first-order chi connectivity index (χ1) is 9.66. The zero-order valence-corrected chi connectivity index (χ0v) is 11.7. The highest BCUT2D eigenvalue weighted by molar-refractivity contribution is 5.79. The Labute approximate surface area is 117 Å². The van der Waals surface area contributed by atoms with Crippen molar-refractivity contribution in [2.24, 2.45) is 0 Å². The van der Waals surface area contributed by atoms with Gasteiger partial charge in [0.15, 0.2) is 5.65 Å². The van der Waals surface area contributed by atoms with Gasteiger partial charge in [-0.15, -0.1) is 0 Å². The van der Waals surface area contributed by atoms with Crippen molar-refractivity contribution in [2.75, 3.05) is 18.8 Å². The lowest BCUT2D eigenvalue weighted by Gasteiger charge is -2.15. The van der Waals surface area contributed by atoms with Crippen LogP contribution in [0.15, 0.2) is 12.3 Å². The van der Waals surface area contributed by atoms with Crippen LogP contribution in [0, 0.1) is 6.92 Å². The summed E-state index contributed by atoms with van der Waals surface area (Å²) in [6, 6.07) is 1.91. The van der Waals surface area contributed by atoms with Crippen molar-refractivity contribution in [3.8, 4) is 0 Å². The van der Waals surface area contributed by atoms with Crippen molar-refractivity contribution in [3.63, 3.8) is 0 Å². The molecule has 6 nitrogen and oxygen atoms in total. The van der Waals surface area contributed by atoms with Gasteiger partial charge in [0, 0.05) is 32.3 Å². The normalized spacial score (nSPS) is 15.2. The molecule has 0 aromatic carbocycles. The molecule has 106 valence electrons. The van der Waals surface area contributed by atoms with Gasteiger partial charge in [-0.1, -0.05) is 0 Å². The standard InChI is InChI=1S/C14H19N5O/c1-10-4-6-16-13-12(10)17-14(15)19(13)9-5-11(20)18-7-2-3-8-18/h4,6H,2-3,5,7-9H2,1H3,(H2,15,17). The Morgan fingerprint density at radius 3 is 2.90 bits per heavy atom. The molecular formula is C14H19N5O. The maximum absolute atomic E-state index is 12.1. The average molecular weight is 273 g/mol. The first-order valence-electron chi connectivity index (χ1n) is 7.02. The lowest BCUT2D eigenvalue weighted by Crippen LogP contribution is -2.28. The number of pyridine rings is 1. The molecule has 0 radical (unpaired) electrons. The first kappa shape index (κ1) is 12.9. The highest BCUT2D eigenvalue weighted by Gasteiger charge is 2.19. The molecule has 1 fully saturated rings. The zero-order chi connectivity index (χ0) is 14.1. The van der Waals surface area contributed by atoms with Crippen LogP contribution >= 0.6 is 0 Å². The number of rotatable bonds is 3. The van der Waals surface area contributed by atoms with E-state index in [4.69, 9.17) is 5.73 Å². The third-order valence-corrected chi connectivity index (χ3v) is 3.87. The minimum Gasteiger partial charge on any atom is -0.369 e. The molecule has 1 aliphatic rings. The fraction of sp³-hybridized carbons (Fsp3) is 0.500. The molecule has 0 aliphatic carbocycles. The van der Waals surface area contributed by atoms with Crippen LogP contribution < -0.4 is 5.73 Å². The number of carbonyl (C=O) groups excluding carboxylic acids is 1. The van der Waals surface area contributed by atoms with E-state index in [-0.39, 0.29) is 5.91 Å². The van der Waals surface area contributed by atoms with Crippen molar-refractivity contribution in [1.82, 2.24) is 19.4 Å². The lowest BCUT2D eigenvalue weighted by molar-refractivity contribution is -0.130. The molecule has 1 aliphatic heterocycles. The van der Waals surface area contributed by atoms with E-state index in [2.05, 4.69) is 9.97 Å². The topological polar surface area (TPSA) is 77.0 Å². The molecule has 0 spiro atoms. The summed E-state index contributed by atoms with van der Waals surface area (Å²) in [4.78, 5) is 22.7. The van der Waals surface area contributed by atoms with Crippen molar-refractivity contribution in [2.45, 2.75) is 32.7 Å². The predicted molar refractivity (Wildman–Crippen MR) is 77.1 cm³/mol. The summed E-state index contributed by atoms with van der Waals surface area (Å²) in [6.45, 7) is 4.29. The number of nitrogen functional groups attached to an aromatic ring is 1. The Kier molecular flexibility index (Phi) is 3.30. The van der Waals surface area contributed by atoms with Gasteiger partial charge in [-0.05, 0) is 31.4 Å². The summed E-state index contributed by atoms with van der Waals surface area (Å²) in [5.41, 5.74) is 8.58. The second-order valence-electron chi connectivity index (χ2n) is 5.26. The minimum atomic E-state index is 0.191. The number of aryl methyl sites for hydroxylation is 2. The predicted octanol–water partition coefficient (Wildman–Crippen LogP) is 1.33. The van der Waals surface area contributed by atoms with Gasteiger partial charge in [0.2, 0.25) is 11.9 Å². The molecule has 2 aromatic heterocycles. The molecule has 1 saturated heterocycles. The van der Waals surface area contributed by atoms with Crippen LogP contribution in [-0.2, 0) is 11.3 Å². The van der Waals surface area contributed by atoms with E-state index < -0.39 is 0 Å². The molecule has 1 amide bonds. The SMILES string of the molecule is Cc1ccnc2c1nc(N)n2CCC(=O)N1CCCC1. The summed E-state index contributed by atoms with van der Waals surface area (Å²) in [6.07, 6.45) is 4.42. The second kappa shape index (κ2) is 5.11. The van der Waals surface area contributed by atoms with Gasteiger partial charge < -0.3 is 10.6 Å². The number of hydrogen-bond acceptors (Lipinski definition) is 4. The van der Waals surface area contributed by atoms with E-state index in [1.54, 1.807) is 6.20 Å². The summed E-state index contributed by atoms with van der Waals surface area (Å²) in [5, 5.41) is 0. The quantitative estimate of drug-likeness (QED) is 0.915. The Morgan fingerprint density at radius 2 is 2.15 bits per heavy atom. The van der Waals surface area contributed by atoms with E-state index in [0.29, 0.717) is 18.9 Å². The van der Waals surface area contributed by atoms with Crippen molar-refractivity contribution >= 4 is 23.0 Å². The third-order valence-electron chi connectivity index (χ3n) is 3.87. The fourth-order valence-corrected chi connectivity index (χ4v) is 2.71. The highest BCUT2D eigenvalue weighted by atomic mass is 16.2. The van der Waals surface area contributed by atoms with Crippen LogP contribution in [0.2, 0.25) is 0 Å². The maximum atomic E-state index is 12.1. The molecule has 0 atom stereocenters. The van der Waals surface area contributed by atoms with Crippen LogP contribution in [-0.4, -0.2) is 38.4 Å². The fourth-order valence-electron chi connectivity index (χ4n) is 2.71. The number of amides is 1. The second-order valence-corrected chi connectivity index (χ2v) is 5.26. The smallest absolute Gasteiger partial charge is 0.224 e. The number of nitrogens with two attached hydrogens (primary N) is 1. The van der Waals surface area contributed by atoms with Gasteiger partial charge in [-0.2, -0.15) is 0 Å². The van der Waals surface area contributed by atoms with Crippen molar-refractivity contribution < 1.29 is 4.79 Å². The van der Waals surface area contributed by atoms with Gasteiger partial charge >= 0.3 is 0 Å². The van der Waals surface area contributed by atoms with E-state index in [9.17, 15) is 4.79 Å². The number of anilines is 1. The number of carbonyl (C=O) groups is 1. The number of likely N-dealkylation sites (tertiary alicyclic amines) is 1. The molecule has 2 aromatic rings. The molecule has 0 unspecified atom stereocenters. The molecule has 0 bridgehead atoms. The Bertz CT molecular complexity index is 642. The monoisotopic (exact) mass is 273 g/mol. The Morgan fingerprint density at radius 1 is 1.40 bits per heavy atom. The molecule has 6 heteroatoms. The van der Waals surface area contributed by atoms with Gasteiger partial charge in [-0.3, -0.25) is 9.36 Å². The number of imidazole rings is 1. The highest BCUT2D eigenvalue weighted by Crippen LogP contribution is 2.19. The van der Waals surface area contributed by atoms with Gasteiger partial charge in [0.1, 0.15) is 5.52 Å². The maximum Gasteiger partial charge on any atom is 0.224 e. The molecular weight excluding hydrogens is 254 g/mol. The number of hydrogen-bond donors (Lipinski definition) is 1. The van der Waals surface area contributed by atoms with Gasteiger partial charge in [0.25, 0.3) is 0 Å². The van der Waals surface area contributed by atoms with Gasteiger partial charge in [-0.25, -0.2) is 9.97 Å². The minimum absolute atomic E-state index is 0.191. The summed E-state index contributed by atoms with van der Waals surface area (Å²) in [7, 11) is 0. The van der Waals surface area contributed by atoms with E-state index in [1.807, 2.05) is 22.5 Å². The van der Waals surface area contributed by atoms with Gasteiger partial charge in [0.05, 0.1) is 0 Å². The molecule has 3 heterocycles. The van der Waals surface area contributed by atoms with Crippen LogP contribution in [0.1, 0.15) is 24.8 Å². The molecule has 2 N–H and O–H groups in total. The average Bonchev–Trinajstić information content (AvgIpc) is 3.05. The molecule has 3 rings (SSSR count).